The number of ether oxygens (including phenoxy) is 1. The molecule has 0 saturated carbocycles. The number of unbranched alkanes of at least 4 members (excludes halogenated alkanes) is 5. The van der Waals surface area contributed by atoms with E-state index in [2.05, 4.69) is 28.4 Å². The zero-order valence-electron chi connectivity index (χ0n) is 12.8. The lowest BCUT2D eigenvalue weighted by molar-refractivity contribution is -0.137. The summed E-state index contributed by atoms with van der Waals surface area (Å²) in [5, 5.41) is 13.7. The molecule has 0 fully saturated rings. The van der Waals surface area contributed by atoms with Crippen LogP contribution in [-0.4, -0.2) is 28.3 Å². The van der Waals surface area contributed by atoms with Crippen molar-refractivity contribution in [3.63, 3.8) is 0 Å². The molecule has 0 aliphatic rings. The third-order valence-electron chi connectivity index (χ3n) is 3.25. The van der Waals surface area contributed by atoms with Crippen LogP contribution in [0.5, 0.6) is 0 Å². The number of carbonyl (C=O) groups excluding carboxylic acids is 1. The Balaban J connectivity index is 2.39. The summed E-state index contributed by atoms with van der Waals surface area (Å²) in [6.07, 6.45) is 6.46. The van der Waals surface area contributed by atoms with E-state index >= 15 is 0 Å². The molecule has 0 saturated heterocycles. The van der Waals surface area contributed by atoms with Crippen molar-refractivity contribution in [2.75, 3.05) is 7.11 Å². The maximum Gasteiger partial charge on any atom is 0.336 e. The van der Waals surface area contributed by atoms with Gasteiger partial charge in [0.1, 0.15) is 0 Å². The lowest BCUT2D eigenvalue weighted by Crippen LogP contribution is -2.12. The van der Waals surface area contributed by atoms with E-state index in [4.69, 9.17) is 4.52 Å². The maximum atomic E-state index is 11.3. The summed E-state index contributed by atoms with van der Waals surface area (Å²) < 4.78 is 9.44. The molecule has 118 valence electrons. The zero-order valence-corrected chi connectivity index (χ0v) is 12.8. The highest BCUT2D eigenvalue weighted by Gasteiger charge is 2.24. The van der Waals surface area contributed by atoms with E-state index in [-0.39, 0.29) is 11.5 Å². The lowest BCUT2D eigenvalue weighted by atomic mass is 10.1. The van der Waals surface area contributed by atoms with E-state index in [1.54, 1.807) is 0 Å². The van der Waals surface area contributed by atoms with Gasteiger partial charge in [-0.15, -0.1) is 0 Å². The van der Waals surface area contributed by atoms with E-state index in [1.165, 1.54) is 32.8 Å². The number of esters is 1. The minimum atomic E-state index is -1.32. The molecule has 0 amide bonds. The number of carbonyl (C=O) groups is 1. The van der Waals surface area contributed by atoms with Crippen LogP contribution in [0.1, 0.15) is 63.3 Å². The zero-order chi connectivity index (χ0) is 15.7. The Kier molecular flexibility index (Phi) is 7.68. The molecule has 0 radical (unpaired) electrons. The molecule has 0 aliphatic carbocycles. The monoisotopic (exact) mass is 296 g/mol. The van der Waals surface area contributed by atoms with Gasteiger partial charge in [0.2, 0.25) is 0 Å². The van der Waals surface area contributed by atoms with Gasteiger partial charge in [-0.2, -0.15) is 4.98 Å². The topological polar surface area (TPSA) is 85.5 Å². The number of methoxy groups -OCH3 is 1. The third-order valence-corrected chi connectivity index (χ3v) is 3.25. The predicted octanol–water partition coefficient (Wildman–Crippen LogP) is 2.74. The fourth-order valence-corrected chi connectivity index (χ4v) is 1.94. The van der Waals surface area contributed by atoms with Gasteiger partial charge in [0, 0.05) is 6.42 Å². The van der Waals surface area contributed by atoms with Crippen molar-refractivity contribution < 1.29 is 19.2 Å². The minimum absolute atomic E-state index is 0.0219. The van der Waals surface area contributed by atoms with E-state index in [1.807, 2.05) is 0 Å². The number of aromatic nitrogens is 2. The molecule has 1 atom stereocenters. The molecule has 6 nitrogen and oxygen atoms in total. The van der Waals surface area contributed by atoms with E-state index < -0.39 is 12.1 Å². The Labute approximate surface area is 125 Å². The van der Waals surface area contributed by atoms with Crippen LogP contribution in [0.2, 0.25) is 0 Å². The Morgan fingerprint density at radius 1 is 1.33 bits per heavy atom. The lowest BCUT2D eigenvalue weighted by Gasteiger charge is -2.06. The van der Waals surface area contributed by atoms with Gasteiger partial charge in [0.15, 0.2) is 11.9 Å². The summed E-state index contributed by atoms with van der Waals surface area (Å²) in [4.78, 5) is 15.3. The van der Waals surface area contributed by atoms with Crippen LogP contribution in [-0.2, 0) is 16.0 Å². The standard InChI is InChI=1S/C15H24N2O4/c1-4-5-6-7-8-9-10-12-16-14(21-17-12)13(18)11(2)15(19)20-3/h13,18H,2,4-10H2,1,3H3. The highest BCUT2D eigenvalue weighted by molar-refractivity contribution is 5.88. The van der Waals surface area contributed by atoms with Crippen LogP contribution in [0.3, 0.4) is 0 Å². The first-order chi connectivity index (χ1) is 10.1. The molecule has 1 rings (SSSR count). The van der Waals surface area contributed by atoms with Gasteiger partial charge in [-0.1, -0.05) is 50.8 Å². The van der Waals surface area contributed by atoms with Crippen LogP contribution in [0.4, 0.5) is 0 Å². The Morgan fingerprint density at radius 2 is 2.00 bits per heavy atom. The molecule has 1 aromatic heterocycles. The van der Waals surface area contributed by atoms with Gasteiger partial charge in [-0.25, -0.2) is 4.79 Å². The minimum Gasteiger partial charge on any atom is -0.466 e. The van der Waals surface area contributed by atoms with Crippen LogP contribution >= 0.6 is 0 Å². The summed E-state index contributed by atoms with van der Waals surface area (Å²) in [6, 6.07) is 0. The number of rotatable bonds is 10. The van der Waals surface area contributed by atoms with Crippen molar-refractivity contribution in [2.24, 2.45) is 0 Å². The summed E-state index contributed by atoms with van der Waals surface area (Å²) in [5.74, 6) is -0.179. The Hall–Kier alpha value is -1.69. The second kappa shape index (κ2) is 9.28. The average Bonchev–Trinajstić information content (AvgIpc) is 2.97. The quantitative estimate of drug-likeness (QED) is 0.406. The third kappa shape index (κ3) is 5.67. The first-order valence-electron chi connectivity index (χ1n) is 7.37. The maximum absolute atomic E-state index is 11.3. The fraction of sp³-hybridized carbons (Fsp3) is 0.667. The molecule has 1 heterocycles. The first kappa shape index (κ1) is 17.4. The molecule has 6 heteroatoms. The van der Waals surface area contributed by atoms with E-state index in [0.717, 1.165) is 12.8 Å². The molecule has 0 aliphatic heterocycles. The van der Waals surface area contributed by atoms with Crippen molar-refractivity contribution in [3.8, 4) is 0 Å². The van der Waals surface area contributed by atoms with Crippen molar-refractivity contribution >= 4 is 5.97 Å². The molecule has 0 aromatic carbocycles. The molecule has 21 heavy (non-hydrogen) atoms. The van der Waals surface area contributed by atoms with Gasteiger partial charge in [0.05, 0.1) is 12.7 Å². The number of aryl methyl sites for hydroxylation is 1. The van der Waals surface area contributed by atoms with Gasteiger partial charge >= 0.3 is 5.97 Å². The normalized spacial score (nSPS) is 12.1. The van der Waals surface area contributed by atoms with Crippen molar-refractivity contribution in [1.82, 2.24) is 10.1 Å². The van der Waals surface area contributed by atoms with Gasteiger partial charge in [0.25, 0.3) is 5.89 Å². The van der Waals surface area contributed by atoms with Gasteiger partial charge in [-0.3, -0.25) is 0 Å². The fourth-order valence-electron chi connectivity index (χ4n) is 1.94. The van der Waals surface area contributed by atoms with Gasteiger partial charge in [-0.05, 0) is 6.42 Å². The van der Waals surface area contributed by atoms with Crippen molar-refractivity contribution in [1.29, 1.82) is 0 Å². The smallest absolute Gasteiger partial charge is 0.336 e. The summed E-state index contributed by atoms with van der Waals surface area (Å²) >= 11 is 0. The Bertz CT molecular complexity index is 456. The van der Waals surface area contributed by atoms with Crippen molar-refractivity contribution in [2.45, 2.75) is 58.0 Å². The predicted molar refractivity (Wildman–Crippen MR) is 77.5 cm³/mol. The first-order valence-corrected chi connectivity index (χ1v) is 7.37. The van der Waals surface area contributed by atoms with Crippen LogP contribution in [0.25, 0.3) is 0 Å². The van der Waals surface area contributed by atoms with Crippen LogP contribution in [0.15, 0.2) is 16.7 Å². The van der Waals surface area contributed by atoms with E-state index in [0.29, 0.717) is 12.2 Å². The largest absolute Gasteiger partial charge is 0.466 e. The summed E-state index contributed by atoms with van der Waals surface area (Å²) in [6.45, 7) is 5.65. The second-order valence-electron chi connectivity index (χ2n) is 4.99. The molecule has 1 N–H and O–H groups in total. The number of hydrogen-bond acceptors (Lipinski definition) is 6. The van der Waals surface area contributed by atoms with Crippen molar-refractivity contribution in [3.05, 3.63) is 23.9 Å². The number of aliphatic hydroxyl groups is 1. The highest BCUT2D eigenvalue weighted by Crippen LogP contribution is 2.19. The summed E-state index contributed by atoms with van der Waals surface area (Å²) in [7, 11) is 1.22. The van der Waals surface area contributed by atoms with Crippen LogP contribution in [0, 0.1) is 0 Å². The number of hydrogen-bond donors (Lipinski definition) is 1. The van der Waals surface area contributed by atoms with Crippen LogP contribution < -0.4 is 0 Å². The second-order valence-corrected chi connectivity index (χ2v) is 4.99. The molecular weight excluding hydrogens is 272 g/mol. The molecule has 1 aromatic rings. The molecule has 1 unspecified atom stereocenters. The summed E-state index contributed by atoms with van der Waals surface area (Å²) in [5.41, 5.74) is -0.118. The van der Waals surface area contributed by atoms with Gasteiger partial charge < -0.3 is 14.4 Å². The Morgan fingerprint density at radius 3 is 2.67 bits per heavy atom. The highest BCUT2D eigenvalue weighted by atomic mass is 16.5. The molecule has 0 bridgehead atoms. The average molecular weight is 296 g/mol. The molecule has 0 spiro atoms. The number of aliphatic hydroxyl groups excluding tert-OH is 1. The van der Waals surface area contributed by atoms with E-state index in [9.17, 15) is 9.90 Å². The SMILES string of the molecule is C=C(C(=O)OC)C(O)c1nc(CCCCCCCC)no1. The number of nitrogens with zero attached hydrogens (tertiary/aromatic N) is 2. The molecular formula is C15H24N2O4.